The lowest BCUT2D eigenvalue weighted by Gasteiger charge is -2.15. The van der Waals surface area contributed by atoms with Gasteiger partial charge in [-0.2, -0.15) is 5.16 Å². The lowest BCUT2D eigenvalue weighted by Crippen LogP contribution is -2.12. The molecule has 0 aliphatic carbocycles. The van der Waals surface area contributed by atoms with Gasteiger partial charge < -0.3 is 18.7 Å². The Labute approximate surface area is 132 Å². The summed E-state index contributed by atoms with van der Waals surface area (Å²) in [5.74, 6) is 1.32. The average molecular weight is 319 g/mol. The number of ether oxygens (including phenoxy) is 3. The van der Waals surface area contributed by atoms with E-state index in [1.54, 1.807) is 6.92 Å². The Morgan fingerprint density at radius 3 is 2.87 bits per heavy atom. The van der Waals surface area contributed by atoms with Crippen LogP contribution in [0.25, 0.3) is 0 Å². The van der Waals surface area contributed by atoms with E-state index in [1.165, 1.54) is 6.07 Å². The molecule has 1 aromatic heterocycles. The number of H-pyrrole nitrogens is 1. The molecule has 1 aliphatic heterocycles. The molecule has 1 unspecified atom stereocenters. The SMILES string of the molecule is CCOC(=O)CC(Cc1cc(=O)[nH]o1)c1ccc2c(c1)OCO2. The molecule has 0 amide bonds. The fraction of sp³-hybridized carbons (Fsp3) is 0.375. The molecule has 0 saturated carbocycles. The van der Waals surface area contributed by atoms with E-state index >= 15 is 0 Å². The van der Waals surface area contributed by atoms with Crippen LogP contribution in [0.2, 0.25) is 0 Å². The number of hydrogen-bond donors (Lipinski definition) is 1. The van der Waals surface area contributed by atoms with Crippen molar-refractivity contribution in [3.05, 3.63) is 45.9 Å². The van der Waals surface area contributed by atoms with Gasteiger partial charge in [0.1, 0.15) is 5.76 Å². The summed E-state index contributed by atoms with van der Waals surface area (Å²) in [6, 6.07) is 6.91. The van der Waals surface area contributed by atoms with Crippen LogP contribution in [0, 0.1) is 0 Å². The zero-order valence-corrected chi connectivity index (χ0v) is 12.7. The molecule has 3 rings (SSSR count). The third kappa shape index (κ3) is 3.56. The summed E-state index contributed by atoms with van der Waals surface area (Å²) in [6.07, 6.45) is 0.583. The zero-order valence-electron chi connectivity index (χ0n) is 12.7. The maximum absolute atomic E-state index is 11.9. The fourth-order valence-electron chi connectivity index (χ4n) is 2.56. The highest BCUT2D eigenvalue weighted by Crippen LogP contribution is 2.36. The molecule has 2 aromatic rings. The van der Waals surface area contributed by atoms with Gasteiger partial charge in [-0.15, -0.1) is 0 Å². The highest BCUT2D eigenvalue weighted by molar-refractivity contribution is 5.70. The molecule has 23 heavy (non-hydrogen) atoms. The molecule has 1 aliphatic rings. The number of rotatable bonds is 6. The van der Waals surface area contributed by atoms with E-state index in [-0.39, 0.29) is 30.7 Å². The number of nitrogens with one attached hydrogen (secondary N) is 1. The standard InChI is InChI=1S/C16H17NO6/c1-2-20-16(19)7-11(5-12-8-15(18)17-23-12)10-3-4-13-14(6-10)22-9-21-13/h3-4,6,8,11H,2,5,7,9H2,1H3,(H,17,18). The second-order valence-corrected chi connectivity index (χ2v) is 5.20. The summed E-state index contributed by atoms with van der Waals surface area (Å²) < 4.78 is 20.8. The highest BCUT2D eigenvalue weighted by atomic mass is 16.7. The van der Waals surface area contributed by atoms with E-state index in [0.717, 1.165) is 5.56 Å². The Bertz CT molecular complexity index is 747. The minimum atomic E-state index is -0.305. The molecule has 0 saturated heterocycles. The first-order valence-electron chi connectivity index (χ1n) is 7.38. The molecule has 122 valence electrons. The molecule has 0 spiro atoms. The summed E-state index contributed by atoms with van der Waals surface area (Å²) in [4.78, 5) is 23.1. The van der Waals surface area contributed by atoms with E-state index in [1.807, 2.05) is 18.2 Å². The number of aromatic amines is 1. The normalized spacial score (nSPS) is 13.8. The maximum atomic E-state index is 11.9. The van der Waals surface area contributed by atoms with Crippen molar-refractivity contribution < 1.29 is 23.5 Å². The highest BCUT2D eigenvalue weighted by Gasteiger charge is 2.22. The Balaban J connectivity index is 1.84. The molecule has 0 radical (unpaired) electrons. The van der Waals surface area contributed by atoms with Crippen LogP contribution in [0.15, 0.2) is 33.6 Å². The predicted molar refractivity (Wildman–Crippen MR) is 79.6 cm³/mol. The van der Waals surface area contributed by atoms with Crippen molar-refractivity contribution in [1.29, 1.82) is 0 Å². The van der Waals surface area contributed by atoms with Crippen LogP contribution in [0.5, 0.6) is 11.5 Å². The molecule has 7 heteroatoms. The van der Waals surface area contributed by atoms with Gasteiger partial charge >= 0.3 is 5.97 Å². The van der Waals surface area contributed by atoms with Gasteiger partial charge in [0, 0.05) is 18.4 Å². The summed E-state index contributed by atoms with van der Waals surface area (Å²) in [5, 5.41) is 2.25. The van der Waals surface area contributed by atoms with E-state index in [2.05, 4.69) is 5.16 Å². The lowest BCUT2D eigenvalue weighted by atomic mass is 9.91. The molecular weight excluding hydrogens is 302 g/mol. The quantitative estimate of drug-likeness (QED) is 0.819. The number of benzene rings is 1. The number of hydrogen-bond acceptors (Lipinski definition) is 6. The van der Waals surface area contributed by atoms with Gasteiger partial charge in [0.05, 0.1) is 13.0 Å². The van der Waals surface area contributed by atoms with Gasteiger partial charge in [0.15, 0.2) is 11.5 Å². The van der Waals surface area contributed by atoms with Crippen molar-refractivity contribution in [2.24, 2.45) is 0 Å². The lowest BCUT2D eigenvalue weighted by molar-refractivity contribution is -0.143. The van der Waals surface area contributed by atoms with E-state index in [9.17, 15) is 9.59 Å². The zero-order chi connectivity index (χ0) is 16.2. The van der Waals surface area contributed by atoms with Crippen LogP contribution < -0.4 is 15.0 Å². The monoisotopic (exact) mass is 319 g/mol. The van der Waals surface area contributed by atoms with Gasteiger partial charge in [-0.1, -0.05) is 6.07 Å². The van der Waals surface area contributed by atoms with Gasteiger partial charge in [0.2, 0.25) is 6.79 Å². The van der Waals surface area contributed by atoms with Gasteiger partial charge in [-0.05, 0) is 24.6 Å². The minimum absolute atomic E-state index is 0.183. The van der Waals surface area contributed by atoms with Crippen LogP contribution in [0.4, 0.5) is 0 Å². The number of aromatic nitrogens is 1. The van der Waals surface area contributed by atoms with Crippen molar-refractivity contribution in [2.45, 2.75) is 25.7 Å². The van der Waals surface area contributed by atoms with E-state index < -0.39 is 0 Å². The maximum Gasteiger partial charge on any atom is 0.306 e. The molecule has 1 aromatic carbocycles. The van der Waals surface area contributed by atoms with E-state index in [0.29, 0.717) is 30.3 Å². The summed E-state index contributed by atoms with van der Waals surface area (Å²) in [7, 11) is 0. The molecule has 0 bridgehead atoms. The van der Waals surface area contributed by atoms with Crippen LogP contribution in [0.1, 0.15) is 30.6 Å². The first-order chi connectivity index (χ1) is 11.2. The molecule has 0 fully saturated rings. The van der Waals surface area contributed by atoms with Crippen molar-refractivity contribution in [3.8, 4) is 11.5 Å². The van der Waals surface area contributed by atoms with Gasteiger partial charge in [-0.3, -0.25) is 9.59 Å². The van der Waals surface area contributed by atoms with Crippen molar-refractivity contribution >= 4 is 5.97 Å². The van der Waals surface area contributed by atoms with Crippen LogP contribution in [0.3, 0.4) is 0 Å². The van der Waals surface area contributed by atoms with Crippen LogP contribution in [-0.2, 0) is 16.0 Å². The fourth-order valence-corrected chi connectivity index (χ4v) is 2.56. The molecular formula is C16H17NO6. The average Bonchev–Trinajstić information content (AvgIpc) is 3.14. The third-order valence-electron chi connectivity index (χ3n) is 3.61. The van der Waals surface area contributed by atoms with E-state index in [4.69, 9.17) is 18.7 Å². The Morgan fingerprint density at radius 2 is 2.13 bits per heavy atom. The topological polar surface area (TPSA) is 90.8 Å². The Hall–Kier alpha value is -2.70. The summed E-state index contributed by atoms with van der Waals surface area (Å²) in [6.45, 7) is 2.28. The third-order valence-corrected chi connectivity index (χ3v) is 3.61. The molecule has 1 atom stereocenters. The molecule has 1 N–H and O–H groups in total. The predicted octanol–water partition coefficient (Wildman–Crippen LogP) is 1.98. The number of carbonyl (C=O) groups is 1. The smallest absolute Gasteiger partial charge is 0.306 e. The largest absolute Gasteiger partial charge is 0.466 e. The molecule has 7 nitrogen and oxygen atoms in total. The number of fused-ring (bicyclic) bond motifs is 1. The Kier molecular flexibility index (Phi) is 4.36. The minimum Gasteiger partial charge on any atom is -0.466 e. The van der Waals surface area contributed by atoms with Gasteiger partial charge in [-0.25, -0.2) is 0 Å². The molecule has 2 heterocycles. The first-order valence-corrected chi connectivity index (χ1v) is 7.38. The number of esters is 1. The van der Waals surface area contributed by atoms with Crippen LogP contribution in [-0.4, -0.2) is 24.5 Å². The first kappa shape index (κ1) is 15.2. The van der Waals surface area contributed by atoms with Crippen molar-refractivity contribution in [1.82, 2.24) is 5.16 Å². The Morgan fingerprint density at radius 1 is 1.30 bits per heavy atom. The van der Waals surface area contributed by atoms with Crippen LogP contribution >= 0.6 is 0 Å². The second kappa shape index (κ2) is 6.60. The van der Waals surface area contributed by atoms with Crippen molar-refractivity contribution in [2.75, 3.05) is 13.4 Å². The second-order valence-electron chi connectivity index (χ2n) is 5.20. The summed E-state index contributed by atoms with van der Waals surface area (Å²) >= 11 is 0. The number of carbonyl (C=O) groups excluding carboxylic acids is 1. The van der Waals surface area contributed by atoms with Crippen molar-refractivity contribution in [3.63, 3.8) is 0 Å². The van der Waals surface area contributed by atoms with Gasteiger partial charge in [0.25, 0.3) is 5.56 Å². The summed E-state index contributed by atoms with van der Waals surface area (Å²) in [5.41, 5.74) is 0.590.